The summed E-state index contributed by atoms with van der Waals surface area (Å²) in [5.41, 5.74) is 3.64. The highest BCUT2D eigenvalue weighted by Crippen LogP contribution is 2.22. The average molecular weight is 477 g/mol. The summed E-state index contributed by atoms with van der Waals surface area (Å²) in [5.74, 6) is -0.225. The van der Waals surface area contributed by atoms with Crippen LogP contribution in [0.1, 0.15) is 15.9 Å². The highest BCUT2D eigenvalue weighted by atomic mass is 16.5. The van der Waals surface area contributed by atoms with Gasteiger partial charge in [-0.25, -0.2) is 4.79 Å². The normalized spacial score (nSPS) is 10.9. The fraction of sp³-hybridized carbons (Fsp3) is 0.100. The molecule has 5 rings (SSSR count). The molecule has 0 saturated heterocycles. The third-order valence-electron chi connectivity index (χ3n) is 6.23. The van der Waals surface area contributed by atoms with E-state index in [0.717, 1.165) is 5.56 Å². The Balaban J connectivity index is 1.36. The van der Waals surface area contributed by atoms with Gasteiger partial charge >= 0.3 is 5.97 Å². The van der Waals surface area contributed by atoms with Gasteiger partial charge in [0.15, 0.2) is 5.43 Å². The maximum absolute atomic E-state index is 12.9. The topological polar surface area (TPSA) is 68.6 Å². The van der Waals surface area contributed by atoms with Gasteiger partial charge in [-0.3, -0.25) is 9.59 Å². The summed E-state index contributed by atoms with van der Waals surface area (Å²) in [5, 5.41) is 1.10. The Morgan fingerprint density at radius 1 is 0.778 bits per heavy atom. The predicted molar refractivity (Wildman–Crippen MR) is 142 cm³/mol. The van der Waals surface area contributed by atoms with Crippen molar-refractivity contribution in [1.82, 2.24) is 4.57 Å². The van der Waals surface area contributed by atoms with Gasteiger partial charge in [0.25, 0.3) is 5.91 Å². The lowest BCUT2D eigenvalue weighted by atomic mass is 10.1. The first-order valence-corrected chi connectivity index (χ1v) is 11.6. The molecule has 6 heteroatoms. The summed E-state index contributed by atoms with van der Waals surface area (Å²) < 4.78 is 7.40. The molecule has 0 atom stereocenters. The number of anilines is 1. The van der Waals surface area contributed by atoms with E-state index in [2.05, 4.69) is 0 Å². The highest BCUT2D eigenvalue weighted by molar-refractivity contribution is 6.05. The molecule has 0 saturated carbocycles. The number of ether oxygens (including phenoxy) is 1. The van der Waals surface area contributed by atoms with E-state index in [1.807, 2.05) is 55.5 Å². The van der Waals surface area contributed by atoms with Crippen LogP contribution in [-0.2, 0) is 11.3 Å². The van der Waals surface area contributed by atoms with E-state index >= 15 is 0 Å². The Labute approximate surface area is 208 Å². The van der Waals surface area contributed by atoms with Crippen LogP contribution in [0.3, 0.4) is 0 Å². The first-order valence-electron chi connectivity index (χ1n) is 11.6. The molecule has 1 aromatic heterocycles. The third kappa shape index (κ3) is 4.36. The zero-order valence-electron chi connectivity index (χ0n) is 20.0. The number of rotatable bonds is 5. The fourth-order valence-corrected chi connectivity index (χ4v) is 4.28. The van der Waals surface area contributed by atoms with E-state index < -0.39 is 5.97 Å². The lowest BCUT2D eigenvalue weighted by molar-refractivity contribution is -0.134. The molecule has 1 heterocycles. The molecule has 0 aliphatic rings. The van der Waals surface area contributed by atoms with Crippen LogP contribution in [-0.4, -0.2) is 23.5 Å². The van der Waals surface area contributed by atoms with Gasteiger partial charge in [-0.2, -0.15) is 0 Å². The zero-order chi connectivity index (χ0) is 25.2. The number of aromatic nitrogens is 1. The highest BCUT2D eigenvalue weighted by Gasteiger charge is 2.16. The van der Waals surface area contributed by atoms with E-state index in [1.165, 1.54) is 0 Å². The van der Waals surface area contributed by atoms with Crippen molar-refractivity contribution >= 4 is 39.4 Å². The second-order valence-electron chi connectivity index (χ2n) is 8.65. The third-order valence-corrected chi connectivity index (χ3v) is 6.23. The summed E-state index contributed by atoms with van der Waals surface area (Å²) >= 11 is 0. The van der Waals surface area contributed by atoms with Gasteiger partial charge in [-0.15, -0.1) is 0 Å². The number of carbonyl (C=O) groups is 2. The second-order valence-corrected chi connectivity index (χ2v) is 8.65. The van der Waals surface area contributed by atoms with Crippen LogP contribution in [0.2, 0.25) is 0 Å². The molecular formula is C30H24N2O4. The van der Waals surface area contributed by atoms with Crippen LogP contribution in [0.5, 0.6) is 5.75 Å². The van der Waals surface area contributed by atoms with Crippen LogP contribution in [0.15, 0.2) is 102 Å². The molecule has 5 aromatic rings. The Kier molecular flexibility index (Phi) is 6.09. The smallest absolute Gasteiger partial charge is 0.331 e. The average Bonchev–Trinajstić information content (AvgIpc) is 2.91. The van der Waals surface area contributed by atoms with Crippen LogP contribution >= 0.6 is 0 Å². The molecule has 0 spiro atoms. The first-order chi connectivity index (χ1) is 17.4. The number of nitrogens with zero attached hydrogens (tertiary/aromatic N) is 2. The summed E-state index contributed by atoms with van der Waals surface area (Å²) in [4.78, 5) is 40.1. The molecule has 36 heavy (non-hydrogen) atoms. The van der Waals surface area contributed by atoms with Crippen molar-refractivity contribution in [3.63, 3.8) is 0 Å². The van der Waals surface area contributed by atoms with Gasteiger partial charge in [-0.05, 0) is 67.6 Å². The molecule has 1 amide bonds. The lowest BCUT2D eigenvalue weighted by Crippen LogP contribution is -2.26. The fourth-order valence-electron chi connectivity index (χ4n) is 4.28. The minimum Gasteiger partial charge on any atom is -0.425 e. The van der Waals surface area contributed by atoms with Crippen molar-refractivity contribution in [2.24, 2.45) is 0 Å². The molecule has 0 bridgehead atoms. The van der Waals surface area contributed by atoms with Crippen molar-refractivity contribution in [2.45, 2.75) is 13.5 Å². The number of hydrogen-bond acceptors (Lipinski definition) is 4. The summed E-state index contributed by atoms with van der Waals surface area (Å²) in [6, 6.07) is 28.7. The summed E-state index contributed by atoms with van der Waals surface area (Å²) in [6.45, 7) is 1.91. The molecule has 0 unspecified atom stereocenters. The second kappa shape index (κ2) is 9.50. The Hall–Kier alpha value is -4.71. The number of esters is 1. The minimum absolute atomic E-state index is 0.0606. The minimum atomic E-state index is -0.467. The van der Waals surface area contributed by atoms with E-state index in [4.69, 9.17) is 4.74 Å². The van der Waals surface area contributed by atoms with Gasteiger partial charge in [0.05, 0.1) is 11.0 Å². The Morgan fingerprint density at radius 2 is 1.33 bits per heavy atom. The molecule has 4 aromatic carbocycles. The Morgan fingerprint density at radius 3 is 1.92 bits per heavy atom. The zero-order valence-corrected chi connectivity index (χ0v) is 20.0. The lowest BCUT2D eigenvalue weighted by Gasteiger charge is -2.18. The van der Waals surface area contributed by atoms with Crippen molar-refractivity contribution in [3.8, 4) is 5.75 Å². The molecule has 0 N–H and O–H groups in total. The maximum Gasteiger partial charge on any atom is 0.331 e. The number of para-hydroxylation sites is 2. The van der Waals surface area contributed by atoms with E-state index in [0.29, 0.717) is 38.8 Å². The van der Waals surface area contributed by atoms with Crippen molar-refractivity contribution < 1.29 is 14.3 Å². The van der Waals surface area contributed by atoms with Gasteiger partial charge < -0.3 is 14.2 Å². The standard InChI is InChI=1S/C30H24N2O4/c1-20-11-13-21(14-12-20)30(35)31(2)22-15-17-23(18-16-22)36-28(33)19-32-26-9-5-3-7-24(26)29(34)25-8-4-6-10-27(25)32/h3-18H,19H2,1-2H3. The molecule has 6 nitrogen and oxygen atoms in total. The Bertz CT molecular complexity index is 1590. The summed E-state index contributed by atoms with van der Waals surface area (Å²) in [6.07, 6.45) is 0. The SMILES string of the molecule is Cc1ccc(C(=O)N(C)c2ccc(OC(=O)Cn3c4ccccc4c(=O)c4ccccc43)cc2)cc1. The predicted octanol–water partition coefficient (Wildman–Crippen LogP) is 5.35. The van der Waals surface area contributed by atoms with E-state index in [1.54, 1.807) is 65.0 Å². The number of pyridine rings is 1. The molecule has 178 valence electrons. The quantitative estimate of drug-likeness (QED) is 0.195. The van der Waals surface area contributed by atoms with Gasteiger partial charge in [-0.1, -0.05) is 42.0 Å². The molecule has 0 radical (unpaired) electrons. The monoisotopic (exact) mass is 476 g/mol. The maximum atomic E-state index is 12.9. The van der Waals surface area contributed by atoms with Crippen LogP contribution in [0, 0.1) is 6.92 Å². The van der Waals surface area contributed by atoms with Crippen molar-refractivity contribution in [1.29, 1.82) is 0 Å². The van der Waals surface area contributed by atoms with Crippen molar-refractivity contribution in [2.75, 3.05) is 11.9 Å². The molecular weight excluding hydrogens is 452 g/mol. The van der Waals surface area contributed by atoms with E-state index in [-0.39, 0.29) is 17.9 Å². The number of fused-ring (bicyclic) bond motifs is 2. The number of carbonyl (C=O) groups excluding carboxylic acids is 2. The number of hydrogen-bond donors (Lipinski definition) is 0. The van der Waals surface area contributed by atoms with Crippen LogP contribution in [0.25, 0.3) is 21.8 Å². The van der Waals surface area contributed by atoms with E-state index in [9.17, 15) is 14.4 Å². The van der Waals surface area contributed by atoms with Gasteiger partial charge in [0, 0.05) is 29.1 Å². The molecule has 0 fully saturated rings. The number of benzene rings is 4. The number of amides is 1. The molecule has 0 aliphatic heterocycles. The first kappa shape index (κ1) is 23.1. The number of aryl methyl sites for hydroxylation is 1. The van der Waals surface area contributed by atoms with Gasteiger partial charge in [0.2, 0.25) is 0 Å². The summed E-state index contributed by atoms with van der Waals surface area (Å²) in [7, 11) is 1.70. The van der Waals surface area contributed by atoms with Crippen LogP contribution in [0.4, 0.5) is 5.69 Å². The largest absolute Gasteiger partial charge is 0.425 e. The van der Waals surface area contributed by atoms with Crippen molar-refractivity contribution in [3.05, 3.63) is 118 Å². The van der Waals surface area contributed by atoms with Gasteiger partial charge in [0.1, 0.15) is 12.3 Å². The van der Waals surface area contributed by atoms with Crippen LogP contribution < -0.4 is 15.1 Å². The molecule has 0 aliphatic carbocycles.